The molecule has 0 spiro atoms. The number of nitrogens with zero attached hydrogens (tertiary/aromatic N) is 2. The fourth-order valence-corrected chi connectivity index (χ4v) is 6.76. The third-order valence-corrected chi connectivity index (χ3v) is 9.07. The highest BCUT2D eigenvalue weighted by atomic mass is 35.5. The van der Waals surface area contributed by atoms with Gasteiger partial charge in [-0.2, -0.15) is 0 Å². The van der Waals surface area contributed by atoms with E-state index in [0.29, 0.717) is 26.7 Å². The van der Waals surface area contributed by atoms with E-state index in [-0.39, 0.29) is 0 Å². The lowest BCUT2D eigenvalue weighted by atomic mass is 10.2. The largest absolute Gasteiger partial charge is 0.351 e. The summed E-state index contributed by atoms with van der Waals surface area (Å²) in [6.07, 6.45) is 3.76. The van der Waals surface area contributed by atoms with Gasteiger partial charge in [0, 0.05) is 11.9 Å². The average molecular weight is 450 g/mol. The van der Waals surface area contributed by atoms with Gasteiger partial charge in [0.15, 0.2) is 0 Å². The molecule has 0 bridgehead atoms. The molecule has 3 heterocycles. The Hall–Kier alpha value is -1.87. The molecule has 1 saturated carbocycles. The zero-order chi connectivity index (χ0) is 19.3. The number of sulfonamides is 1. The minimum atomic E-state index is -3.61. The van der Waals surface area contributed by atoms with Crippen molar-refractivity contribution in [1.29, 1.82) is 0 Å². The van der Waals surface area contributed by atoms with Crippen LogP contribution in [0.25, 0.3) is 21.6 Å². The van der Waals surface area contributed by atoms with Crippen molar-refractivity contribution >= 4 is 60.9 Å². The van der Waals surface area contributed by atoms with Crippen molar-refractivity contribution in [3.8, 4) is 10.7 Å². The zero-order valence-electron chi connectivity index (χ0n) is 14.6. The van der Waals surface area contributed by atoms with Crippen LogP contribution in [0.1, 0.15) is 12.8 Å². The van der Waals surface area contributed by atoms with Crippen molar-refractivity contribution in [3.63, 3.8) is 0 Å². The normalized spacial score (nSPS) is 14.6. The van der Waals surface area contributed by atoms with E-state index in [1.807, 2.05) is 24.3 Å². The first-order chi connectivity index (χ1) is 13.5. The van der Waals surface area contributed by atoms with Gasteiger partial charge in [0.1, 0.15) is 13.6 Å². The number of nitrogens with one attached hydrogen (secondary N) is 1. The van der Waals surface area contributed by atoms with Gasteiger partial charge in [0.05, 0.1) is 23.1 Å². The Balaban J connectivity index is 1.65. The Kier molecular flexibility index (Phi) is 4.46. The van der Waals surface area contributed by atoms with Crippen LogP contribution in [0.15, 0.2) is 52.2 Å². The molecule has 0 amide bonds. The molecule has 0 atom stereocenters. The quantitative estimate of drug-likeness (QED) is 0.416. The molecule has 1 fully saturated rings. The molecule has 1 N–H and O–H groups in total. The summed E-state index contributed by atoms with van der Waals surface area (Å²) in [5.74, 6) is 0.414. The fourth-order valence-electron chi connectivity index (χ4n) is 3.22. The predicted octanol–water partition coefficient (Wildman–Crippen LogP) is 5.61. The summed E-state index contributed by atoms with van der Waals surface area (Å²) in [7, 11) is -3.61. The van der Waals surface area contributed by atoms with Crippen LogP contribution >= 0.6 is 34.3 Å². The maximum Gasteiger partial charge on any atom is 0.273 e. The molecule has 0 aliphatic heterocycles. The number of hydrogen-bond donors (Lipinski definition) is 1. The summed E-state index contributed by atoms with van der Waals surface area (Å²) in [4.78, 5) is 7.70. The predicted molar refractivity (Wildman–Crippen MR) is 116 cm³/mol. The Morgan fingerprint density at radius 1 is 1.25 bits per heavy atom. The van der Waals surface area contributed by atoms with E-state index in [1.54, 1.807) is 28.0 Å². The van der Waals surface area contributed by atoms with Gasteiger partial charge in [-0.1, -0.05) is 29.8 Å². The van der Waals surface area contributed by atoms with Gasteiger partial charge in [-0.25, -0.2) is 13.4 Å². The monoisotopic (exact) mass is 449 g/mol. The van der Waals surface area contributed by atoms with Crippen molar-refractivity contribution in [1.82, 2.24) is 9.97 Å². The lowest BCUT2D eigenvalue weighted by molar-refractivity contribution is 0.590. The number of aromatic nitrogens is 2. The Morgan fingerprint density at radius 2 is 2.11 bits per heavy atom. The van der Waals surface area contributed by atoms with Gasteiger partial charge in [-0.3, -0.25) is 4.31 Å². The highest BCUT2D eigenvalue weighted by molar-refractivity contribution is 7.94. The Bertz CT molecular complexity index is 1240. The van der Waals surface area contributed by atoms with Crippen LogP contribution in [-0.4, -0.2) is 24.9 Å². The van der Waals surface area contributed by atoms with Crippen LogP contribution in [0.5, 0.6) is 0 Å². The number of H-pyrrole nitrogens is 1. The standard InChI is InChI=1S/C19H16ClN3O2S3/c20-16-10-21-19(27-16)14-9-13-3-1-4-15(18(13)22-14)23(11-12-6-7-12)28(24,25)17-5-2-8-26-17/h1-5,8-10,12,22H,6-7,11H2. The number of thiophene rings is 1. The summed E-state index contributed by atoms with van der Waals surface area (Å²) in [6.45, 7) is 0.497. The minimum Gasteiger partial charge on any atom is -0.351 e. The zero-order valence-corrected chi connectivity index (χ0v) is 17.8. The molecule has 144 valence electrons. The van der Waals surface area contributed by atoms with Gasteiger partial charge in [0.25, 0.3) is 10.0 Å². The molecule has 4 aromatic rings. The van der Waals surface area contributed by atoms with Gasteiger partial charge in [-0.05, 0) is 42.3 Å². The number of rotatable bonds is 6. The second-order valence-corrected chi connectivity index (χ2v) is 11.5. The van der Waals surface area contributed by atoms with Crippen LogP contribution < -0.4 is 4.31 Å². The molecule has 1 aliphatic rings. The number of anilines is 1. The van der Waals surface area contributed by atoms with Crippen LogP contribution in [-0.2, 0) is 10.0 Å². The van der Waals surface area contributed by atoms with E-state index in [2.05, 4.69) is 9.97 Å². The molecule has 0 unspecified atom stereocenters. The first kappa shape index (κ1) is 18.2. The van der Waals surface area contributed by atoms with Crippen LogP contribution in [0.2, 0.25) is 4.34 Å². The number of aromatic amines is 1. The van der Waals surface area contributed by atoms with Crippen LogP contribution in [0, 0.1) is 5.92 Å². The molecule has 0 radical (unpaired) electrons. The van der Waals surface area contributed by atoms with Crippen molar-refractivity contribution in [2.24, 2.45) is 5.92 Å². The number of thiazole rings is 1. The number of fused-ring (bicyclic) bond motifs is 1. The third kappa shape index (κ3) is 3.24. The first-order valence-corrected chi connectivity index (χ1v) is 12.3. The second-order valence-electron chi connectivity index (χ2n) is 6.81. The summed E-state index contributed by atoms with van der Waals surface area (Å²) in [6, 6.07) is 11.2. The van der Waals surface area contributed by atoms with Crippen molar-refractivity contribution in [2.75, 3.05) is 10.8 Å². The van der Waals surface area contributed by atoms with Gasteiger partial charge in [0.2, 0.25) is 0 Å². The molecular formula is C19H16ClN3O2S3. The molecule has 0 saturated heterocycles. The average Bonchev–Trinajstić information content (AvgIpc) is 3.10. The van der Waals surface area contributed by atoms with E-state index in [0.717, 1.165) is 34.4 Å². The molecular weight excluding hydrogens is 434 g/mol. The molecule has 3 aromatic heterocycles. The highest BCUT2D eigenvalue weighted by Crippen LogP contribution is 2.39. The number of para-hydroxylation sites is 1. The molecule has 9 heteroatoms. The van der Waals surface area contributed by atoms with E-state index >= 15 is 0 Å². The van der Waals surface area contributed by atoms with Gasteiger partial charge in [-0.15, -0.1) is 22.7 Å². The van der Waals surface area contributed by atoms with Gasteiger partial charge < -0.3 is 4.98 Å². The maximum atomic E-state index is 13.4. The van der Waals surface area contributed by atoms with Crippen molar-refractivity contribution in [3.05, 3.63) is 52.3 Å². The van der Waals surface area contributed by atoms with Crippen LogP contribution in [0.4, 0.5) is 5.69 Å². The van der Waals surface area contributed by atoms with E-state index in [1.165, 1.54) is 22.7 Å². The third-order valence-electron chi connectivity index (χ3n) is 4.77. The highest BCUT2D eigenvalue weighted by Gasteiger charge is 2.33. The Morgan fingerprint density at radius 3 is 2.79 bits per heavy atom. The number of benzene rings is 1. The van der Waals surface area contributed by atoms with Crippen molar-refractivity contribution in [2.45, 2.75) is 17.1 Å². The van der Waals surface area contributed by atoms with E-state index in [4.69, 9.17) is 11.6 Å². The lowest BCUT2D eigenvalue weighted by Crippen LogP contribution is -2.32. The Labute approximate surface area is 175 Å². The summed E-state index contributed by atoms with van der Waals surface area (Å²) < 4.78 is 29.3. The smallest absolute Gasteiger partial charge is 0.273 e. The van der Waals surface area contributed by atoms with E-state index < -0.39 is 10.0 Å². The van der Waals surface area contributed by atoms with E-state index in [9.17, 15) is 8.42 Å². The van der Waals surface area contributed by atoms with Gasteiger partial charge >= 0.3 is 0 Å². The first-order valence-electron chi connectivity index (χ1n) is 8.82. The summed E-state index contributed by atoms with van der Waals surface area (Å²) in [5, 5.41) is 3.52. The van der Waals surface area contributed by atoms with Crippen LogP contribution in [0.3, 0.4) is 0 Å². The minimum absolute atomic E-state index is 0.364. The van der Waals surface area contributed by atoms with Crippen molar-refractivity contribution < 1.29 is 8.42 Å². The molecule has 1 aromatic carbocycles. The number of hydrogen-bond acceptors (Lipinski definition) is 5. The molecule has 5 rings (SSSR count). The molecule has 28 heavy (non-hydrogen) atoms. The fraction of sp³-hybridized carbons (Fsp3) is 0.211. The topological polar surface area (TPSA) is 66.1 Å². The second kappa shape index (κ2) is 6.88. The molecule has 1 aliphatic carbocycles. The lowest BCUT2D eigenvalue weighted by Gasteiger charge is -2.24. The SMILES string of the molecule is O=S(=O)(c1cccs1)N(CC1CC1)c1cccc2cc(-c3ncc(Cl)s3)[nH]c12. The summed E-state index contributed by atoms with van der Waals surface area (Å²) >= 11 is 8.66. The molecule has 5 nitrogen and oxygen atoms in total. The summed E-state index contributed by atoms with van der Waals surface area (Å²) in [5.41, 5.74) is 2.30. The number of halogens is 1. The maximum absolute atomic E-state index is 13.4.